The van der Waals surface area contributed by atoms with E-state index in [1.807, 2.05) is 5.38 Å². The van der Waals surface area contributed by atoms with Gasteiger partial charge in [-0.05, 0) is 27.8 Å². The van der Waals surface area contributed by atoms with Crippen molar-refractivity contribution in [3.05, 3.63) is 16.1 Å². The number of hydrogen-bond acceptors (Lipinski definition) is 4. The maximum absolute atomic E-state index is 12.2. The average Bonchev–Trinajstić information content (AvgIpc) is 2.58. The predicted octanol–water partition coefficient (Wildman–Crippen LogP) is 3.03. The quantitative estimate of drug-likeness (QED) is 0.905. The van der Waals surface area contributed by atoms with Gasteiger partial charge < -0.3 is 5.32 Å². The largest absolute Gasteiger partial charge is 0.401 e. The van der Waals surface area contributed by atoms with Crippen LogP contribution >= 0.6 is 11.3 Å². The van der Waals surface area contributed by atoms with Crippen LogP contribution in [0.1, 0.15) is 31.5 Å². The third-order valence-electron chi connectivity index (χ3n) is 2.25. The van der Waals surface area contributed by atoms with E-state index in [2.05, 4.69) is 31.1 Å². The fourth-order valence-corrected chi connectivity index (χ4v) is 2.21. The van der Waals surface area contributed by atoms with Crippen molar-refractivity contribution in [1.82, 2.24) is 15.2 Å². The lowest BCUT2D eigenvalue weighted by Gasteiger charge is -2.19. The van der Waals surface area contributed by atoms with E-state index < -0.39 is 12.7 Å². The van der Waals surface area contributed by atoms with Crippen molar-refractivity contribution in [2.24, 2.45) is 0 Å². The summed E-state index contributed by atoms with van der Waals surface area (Å²) >= 11 is 1.47. The van der Waals surface area contributed by atoms with E-state index in [0.717, 1.165) is 5.01 Å². The molecule has 7 heteroatoms. The van der Waals surface area contributed by atoms with Gasteiger partial charge >= 0.3 is 6.18 Å². The average molecular weight is 295 g/mol. The van der Waals surface area contributed by atoms with Crippen LogP contribution in [0.15, 0.2) is 5.38 Å². The molecule has 0 aromatic carbocycles. The summed E-state index contributed by atoms with van der Waals surface area (Å²) in [6, 6.07) is 0. The molecule has 3 nitrogen and oxygen atoms in total. The molecule has 0 radical (unpaired) electrons. The summed E-state index contributed by atoms with van der Waals surface area (Å²) in [7, 11) is 1.44. The van der Waals surface area contributed by atoms with Crippen molar-refractivity contribution in [2.75, 3.05) is 13.6 Å². The zero-order valence-electron chi connectivity index (χ0n) is 11.6. The SMILES string of the molecule is CN(Cc1csc(CNC(C)(C)C)n1)CC(F)(F)F. The van der Waals surface area contributed by atoms with Crippen LogP contribution in [-0.2, 0) is 13.1 Å². The van der Waals surface area contributed by atoms with Crippen LogP contribution in [0.25, 0.3) is 0 Å². The molecule has 0 fully saturated rings. The first-order valence-electron chi connectivity index (χ1n) is 5.99. The highest BCUT2D eigenvalue weighted by atomic mass is 32.1. The molecule has 0 unspecified atom stereocenters. The molecule has 1 heterocycles. The number of hydrogen-bond donors (Lipinski definition) is 1. The molecule has 0 aliphatic rings. The second kappa shape index (κ2) is 6.19. The number of alkyl halides is 3. The Balaban J connectivity index is 2.46. The second-order valence-corrected chi connectivity index (χ2v) is 6.57. The Hall–Kier alpha value is -0.660. The summed E-state index contributed by atoms with van der Waals surface area (Å²) in [4.78, 5) is 5.55. The number of nitrogens with zero attached hydrogens (tertiary/aromatic N) is 2. The highest BCUT2D eigenvalue weighted by molar-refractivity contribution is 7.09. The van der Waals surface area contributed by atoms with E-state index in [-0.39, 0.29) is 12.1 Å². The number of aromatic nitrogens is 1. The van der Waals surface area contributed by atoms with Crippen molar-refractivity contribution in [3.8, 4) is 0 Å². The molecule has 0 atom stereocenters. The van der Waals surface area contributed by atoms with Crippen molar-refractivity contribution in [2.45, 2.75) is 45.6 Å². The molecule has 1 aromatic rings. The van der Waals surface area contributed by atoms with Gasteiger partial charge in [-0.2, -0.15) is 13.2 Å². The van der Waals surface area contributed by atoms with E-state index in [9.17, 15) is 13.2 Å². The van der Waals surface area contributed by atoms with Crippen LogP contribution in [0.4, 0.5) is 13.2 Å². The van der Waals surface area contributed by atoms with Crippen molar-refractivity contribution >= 4 is 11.3 Å². The van der Waals surface area contributed by atoms with Gasteiger partial charge in [0, 0.05) is 24.0 Å². The minimum atomic E-state index is -4.17. The molecule has 0 spiro atoms. The Bertz CT molecular complexity index is 396. The lowest BCUT2D eigenvalue weighted by Crippen LogP contribution is -2.35. The fraction of sp³-hybridized carbons (Fsp3) is 0.750. The van der Waals surface area contributed by atoms with Gasteiger partial charge in [-0.25, -0.2) is 4.98 Å². The standard InChI is InChI=1S/C12H20F3N3S/c1-11(2,3)16-5-10-17-9(7-19-10)6-18(4)8-12(13,14)15/h7,16H,5-6,8H2,1-4H3. The first-order valence-corrected chi connectivity index (χ1v) is 6.87. The number of thiazole rings is 1. The van der Waals surface area contributed by atoms with Gasteiger partial charge in [0.25, 0.3) is 0 Å². The van der Waals surface area contributed by atoms with Crippen molar-refractivity contribution < 1.29 is 13.2 Å². The molecule has 0 aliphatic heterocycles. The Kier molecular flexibility index (Phi) is 5.34. The monoisotopic (exact) mass is 295 g/mol. The summed E-state index contributed by atoms with van der Waals surface area (Å²) in [6.45, 7) is 6.10. The van der Waals surface area contributed by atoms with Crippen LogP contribution in [0.3, 0.4) is 0 Å². The van der Waals surface area contributed by atoms with Gasteiger partial charge in [-0.15, -0.1) is 11.3 Å². The Morgan fingerprint density at radius 2 is 1.95 bits per heavy atom. The summed E-state index contributed by atoms with van der Waals surface area (Å²) < 4.78 is 36.6. The number of rotatable bonds is 5. The molecule has 0 amide bonds. The van der Waals surface area contributed by atoms with Crippen LogP contribution in [-0.4, -0.2) is 35.2 Å². The molecule has 110 valence electrons. The first-order chi connectivity index (χ1) is 8.55. The van der Waals surface area contributed by atoms with Crippen molar-refractivity contribution in [3.63, 3.8) is 0 Å². The molecule has 19 heavy (non-hydrogen) atoms. The minimum absolute atomic E-state index is 0.00108. The molecule has 0 bridgehead atoms. The van der Waals surface area contributed by atoms with Gasteiger partial charge in [0.05, 0.1) is 12.2 Å². The van der Waals surface area contributed by atoms with Gasteiger partial charge in [0.1, 0.15) is 5.01 Å². The van der Waals surface area contributed by atoms with E-state index in [1.165, 1.54) is 23.3 Å². The lowest BCUT2D eigenvalue weighted by atomic mass is 10.1. The Morgan fingerprint density at radius 1 is 1.32 bits per heavy atom. The van der Waals surface area contributed by atoms with Gasteiger partial charge in [-0.1, -0.05) is 0 Å². The molecule has 0 saturated heterocycles. The van der Waals surface area contributed by atoms with E-state index >= 15 is 0 Å². The summed E-state index contributed by atoms with van der Waals surface area (Å²) in [5.74, 6) is 0. The topological polar surface area (TPSA) is 28.2 Å². The second-order valence-electron chi connectivity index (χ2n) is 5.62. The van der Waals surface area contributed by atoms with Crippen LogP contribution < -0.4 is 5.32 Å². The van der Waals surface area contributed by atoms with E-state index in [4.69, 9.17) is 0 Å². The minimum Gasteiger partial charge on any atom is -0.306 e. The smallest absolute Gasteiger partial charge is 0.306 e. The summed E-state index contributed by atoms with van der Waals surface area (Å²) in [6.07, 6.45) is -4.17. The number of nitrogens with one attached hydrogen (secondary N) is 1. The fourth-order valence-electron chi connectivity index (χ4n) is 1.48. The van der Waals surface area contributed by atoms with Crippen LogP contribution in [0.5, 0.6) is 0 Å². The molecule has 1 aromatic heterocycles. The Morgan fingerprint density at radius 3 is 2.47 bits per heavy atom. The van der Waals surface area contributed by atoms with Crippen LogP contribution in [0, 0.1) is 0 Å². The maximum Gasteiger partial charge on any atom is 0.401 e. The predicted molar refractivity (Wildman–Crippen MR) is 71.1 cm³/mol. The zero-order chi connectivity index (χ0) is 14.7. The Labute approximate surface area is 115 Å². The van der Waals surface area contributed by atoms with E-state index in [1.54, 1.807) is 0 Å². The van der Waals surface area contributed by atoms with Gasteiger partial charge in [0.2, 0.25) is 0 Å². The summed E-state index contributed by atoms with van der Waals surface area (Å²) in [5, 5.41) is 6.00. The molecule has 1 rings (SSSR count). The third-order valence-corrected chi connectivity index (χ3v) is 3.15. The highest BCUT2D eigenvalue weighted by Gasteiger charge is 2.29. The molecular formula is C12H20F3N3S. The van der Waals surface area contributed by atoms with Gasteiger partial charge in [0.15, 0.2) is 0 Å². The maximum atomic E-state index is 12.2. The zero-order valence-corrected chi connectivity index (χ0v) is 12.5. The molecule has 0 saturated carbocycles. The van der Waals surface area contributed by atoms with E-state index in [0.29, 0.717) is 12.2 Å². The van der Waals surface area contributed by atoms with Crippen LogP contribution in [0.2, 0.25) is 0 Å². The molecule has 1 N–H and O–H groups in total. The third kappa shape index (κ3) is 7.49. The molecule has 0 aliphatic carbocycles. The first kappa shape index (κ1) is 16.4. The summed E-state index contributed by atoms with van der Waals surface area (Å²) in [5.41, 5.74) is 0.682. The molecular weight excluding hydrogens is 275 g/mol. The van der Waals surface area contributed by atoms with Crippen molar-refractivity contribution in [1.29, 1.82) is 0 Å². The number of halogens is 3. The lowest BCUT2D eigenvalue weighted by molar-refractivity contribution is -0.144. The van der Waals surface area contributed by atoms with Gasteiger partial charge in [-0.3, -0.25) is 4.90 Å². The normalized spacial score (nSPS) is 13.3. The highest BCUT2D eigenvalue weighted by Crippen LogP contribution is 2.18.